The number of rotatable bonds is 4. The highest BCUT2D eigenvalue weighted by atomic mass is 32.1. The molecule has 0 bridgehead atoms. The van der Waals surface area contributed by atoms with Crippen LogP contribution >= 0.6 is 11.3 Å². The molecule has 0 unspecified atom stereocenters. The first kappa shape index (κ1) is 19.2. The van der Waals surface area contributed by atoms with E-state index in [1.54, 1.807) is 23.6 Å². The molecule has 3 aromatic rings. The molecule has 1 aromatic heterocycles. The molecular weight excluding hydrogens is 412 g/mol. The second kappa shape index (κ2) is 7.36. The molecule has 10 heteroatoms. The third-order valence-corrected chi connectivity index (χ3v) is 5.02. The van der Waals surface area contributed by atoms with Gasteiger partial charge in [-0.05, 0) is 36.4 Å². The SMILES string of the molecule is O=C(Cc1csc(-c2ccc3c(c2)OCO3)n1)Nc1cc(C(F)(F)F)ccc1F. The number of aromatic nitrogens is 1. The van der Waals surface area contributed by atoms with Crippen molar-refractivity contribution in [1.29, 1.82) is 0 Å². The van der Waals surface area contributed by atoms with Crippen molar-refractivity contribution in [2.45, 2.75) is 12.6 Å². The maximum atomic E-state index is 13.8. The fourth-order valence-electron chi connectivity index (χ4n) is 2.71. The fourth-order valence-corrected chi connectivity index (χ4v) is 3.52. The number of halogens is 4. The van der Waals surface area contributed by atoms with E-state index in [9.17, 15) is 22.4 Å². The summed E-state index contributed by atoms with van der Waals surface area (Å²) in [6.45, 7) is 0.147. The van der Waals surface area contributed by atoms with Gasteiger partial charge in [0, 0.05) is 10.9 Å². The number of benzene rings is 2. The number of thiazole rings is 1. The lowest BCUT2D eigenvalue weighted by atomic mass is 10.2. The molecule has 4 rings (SSSR count). The van der Waals surface area contributed by atoms with Gasteiger partial charge in [0.2, 0.25) is 12.7 Å². The van der Waals surface area contributed by atoms with Crippen LogP contribution in [0.15, 0.2) is 41.8 Å². The Hall–Kier alpha value is -3.14. The van der Waals surface area contributed by atoms with Crippen molar-refractivity contribution in [3.63, 3.8) is 0 Å². The van der Waals surface area contributed by atoms with E-state index in [0.29, 0.717) is 40.4 Å². The van der Waals surface area contributed by atoms with E-state index in [1.807, 2.05) is 0 Å². The van der Waals surface area contributed by atoms with Gasteiger partial charge >= 0.3 is 6.18 Å². The van der Waals surface area contributed by atoms with Gasteiger partial charge in [0.05, 0.1) is 23.4 Å². The number of fused-ring (bicyclic) bond motifs is 1. The summed E-state index contributed by atoms with van der Waals surface area (Å²) in [4.78, 5) is 16.5. The average molecular weight is 424 g/mol. The van der Waals surface area contributed by atoms with Gasteiger partial charge in [-0.1, -0.05) is 0 Å². The van der Waals surface area contributed by atoms with E-state index in [0.717, 1.165) is 5.56 Å². The monoisotopic (exact) mass is 424 g/mol. The molecule has 0 radical (unpaired) electrons. The van der Waals surface area contributed by atoms with Gasteiger partial charge in [-0.2, -0.15) is 13.2 Å². The number of amides is 1. The maximum Gasteiger partial charge on any atom is 0.416 e. The van der Waals surface area contributed by atoms with E-state index in [-0.39, 0.29) is 13.2 Å². The third kappa shape index (κ3) is 4.16. The minimum Gasteiger partial charge on any atom is -0.454 e. The first-order valence-electron chi connectivity index (χ1n) is 8.30. The second-order valence-corrected chi connectivity index (χ2v) is 6.99. The van der Waals surface area contributed by atoms with Crippen molar-refractivity contribution in [1.82, 2.24) is 4.98 Å². The fraction of sp³-hybridized carbons (Fsp3) is 0.158. The summed E-state index contributed by atoms with van der Waals surface area (Å²) >= 11 is 1.30. The van der Waals surface area contributed by atoms with Gasteiger partial charge in [-0.3, -0.25) is 4.79 Å². The summed E-state index contributed by atoms with van der Waals surface area (Å²) in [6.07, 6.45) is -4.85. The number of anilines is 1. The van der Waals surface area contributed by atoms with Gasteiger partial charge in [0.1, 0.15) is 10.8 Å². The Morgan fingerprint density at radius 1 is 1.14 bits per heavy atom. The normalized spacial score (nSPS) is 12.8. The molecule has 0 saturated heterocycles. The molecule has 1 N–H and O–H groups in total. The molecule has 0 spiro atoms. The van der Waals surface area contributed by atoms with Crippen LogP contribution < -0.4 is 14.8 Å². The molecule has 0 fully saturated rings. The van der Waals surface area contributed by atoms with Crippen LogP contribution in [-0.4, -0.2) is 17.7 Å². The highest BCUT2D eigenvalue weighted by Gasteiger charge is 2.31. The highest BCUT2D eigenvalue weighted by Crippen LogP contribution is 2.37. The number of carbonyl (C=O) groups excluding carboxylic acids is 1. The zero-order valence-corrected chi connectivity index (χ0v) is 15.4. The summed E-state index contributed by atoms with van der Waals surface area (Å²) in [5, 5.41) is 4.46. The molecule has 1 aliphatic heterocycles. The summed E-state index contributed by atoms with van der Waals surface area (Å²) < 4.78 is 62.7. The lowest BCUT2D eigenvalue weighted by molar-refractivity contribution is -0.137. The van der Waals surface area contributed by atoms with E-state index in [2.05, 4.69) is 10.3 Å². The predicted molar refractivity (Wildman–Crippen MR) is 97.4 cm³/mol. The minimum atomic E-state index is -4.64. The quantitative estimate of drug-likeness (QED) is 0.607. The van der Waals surface area contributed by atoms with Crippen LogP contribution in [0, 0.1) is 5.82 Å². The van der Waals surface area contributed by atoms with E-state index in [4.69, 9.17) is 9.47 Å². The van der Waals surface area contributed by atoms with Gasteiger partial charge < -0.3 is 14.8 Å². The molecule has 5 nitrogen and oxygen atoms in total. The molecular formula is C19H12F4N2O3S. The summed E-state index contributed by atoms with van der Waals surface area (Å²) in [6, 6.07) is 7.16. The first-order chi connectivity index (χ1) is 13.8. The number of hydrogen-bond donors (Lipinski definition) is 1. The van der Waals surface area contributed by atoms with Crippen molar-refractivity contribution in [2.75, 3.05) is 12.1 Å². The van der Waals surface area contributed by atoms with Crippen LogP contribution in [0.25, 0.3) is 10.6 Å². The van der Waals surface area contributed by atoms with Gasteiger partial charge in [0.25, 0.3) is 0 Å². The van der Waals surface area contributed by atoms with E-state index in [1.165, 1.54) is 11.3 Å². The molecule has 150 valence electrons. The second-order valence-electron chi connectivity index (χ2n) is 6.13. The summed E-state index contributed by atoms with van der Waals surface area (Å²) in [7, 11) is 0. The molecule has 0 aliphatic carbocycles. The van der Waals surface area contributed by atoms with Crippen LogP contribution in [0.1, 0.15) is 11.3 Å². The van der Waals surface area contributed by atoms with Crippen molar-refractivity contribution >= 4 is 22.9 Å². The van der Waals surface area contributed by atoms with Crippen molar-refractivity contribution in [2.24, 2.45) is 0 Å². The number of carbonyl (C=O) groups is 1. The molecule has 29 heavy (non-hydrogen) atoms. The van der Waals surface area contributed by atoms with Gasteiger partial charge in [0.15, 0.2) is 11.5 Å². The van der Waals surface area contributed by atoms with Crippen LogP contribution in [0.3, 0.4) is 0 Å². The van der Waals surface area contributed by atoms with Crippen molar-refractivity contribution < 1.29 is 31.8 Å². The molecule has 1 amide bonds. The van der Waals surface area contributed by atoms with E-state index < -0.39 is 29.2 Å². The Morgan fingerprint density at radius 2 is 1.93 bits per heavy atom. The third-order valence-electron chi connectivity index (χ3n) is 4.08. The largest absolute Gasteiger partial charge is 0.454 e. The average Bonchev–Trinajstić information content (AvgIpc) is 3.31. The number of hydrogen-bond acceptors (Lipinski definition) is 5. The summed E-state index contributed by atoms with van der Waals surface area (Å²) in [5.74, 6) is -0.401. The van der Waals surface area contributed by atoms with Crippen molar-refractivity contribution in [3.8, 4) is 22.1 Å². The molecule has 0 saturated carbocycles. The number of alkyl halides is 3. The van der Waals surface area contributed by atoms with Gasteiger partial charge in [-0.15, -0.1) is 11.3 Å². The number of nitrogens with one attached hydrogen (secondary N) is 1. The Bertz CT molecular complexity index is 1080. The van der Waals surface area contributed by atoms with Crippen LogP contribution in [-0.2, 0) is 17.4 Å². The Kier molecular flexibility index (Phi) is 4.87. The minimum absolute atomic E-state index is 0.147. The highest BCUT2D eigenvalue weighted by molar-refractivity contribution is 7.13. The zero-order valence-electron chi connectivity index (χ0n) is 14.5. The topological polar surface area (TPSA) is 60.5 Å². The smallest absolute Gasteiger partial charge is 0.416 e. The van der Waals surface area contributed by atoms with Crippen LogP contribution in [0.2, 0.25) is 0 Å². The molecule has 2 aromatic carbocycles. The molecule has 2 heterocycles. The van der Waals surface area contributed by atoms with Crippen molar-refractivity contribution in [3.05, 3.63) is 58.9 Å². The number of nitrogens with zero attached hydrogens (tertiary/aromatic N) is 1. The lowest BCUT2D eigenvalue weighted by Gasteiger charge is -2.10. The van der Waals surface area contributed by atoms with Crippen LogP contribution in [0.4, 0.5) is 23.2 Å². The van der Waals surface area contributed by atoms with Gasteiger partial charge in [-0.25, -0.2) is 9.37 Å². The Morgan fingerprint density at radius 3 is 2.72 bits per heavy atom. The summed E-state index contributed by atoms with van der Waals surface area (Å²) in [5.41, 5.74) is -0.397. The molecule has 0 atom stereocenters. The lowest BCUT2D eigenvalue weighted by Crippen LogP contribution is -2.16. The Balaban J connectivity index is 1.46. The maximum absolute atomic E-state index is 13.8. The standard InChI is InChI=1S/C19H12F4N2O3S/c20-13-3-2-11(19(21,22)23)6-14(13)25-17(26)7-12-8-29-18(24-12)10-1-4-15-16(5-10)28-9-27-15/h1-6,8H,7,9H2,(H,25,26). The first-order valence-corrected chi connectivity index (χ1v) is 9.18. The predicted octanol–water partition coefficient (Wildman–Crippen LogP) is 4.88. The Labute approximate surface area is 165 Å². The van der Waals surface area contributed by atoms with Crippen LogP contribution in [0.5, 0.6) is 11.5 Å². The number of ether oxygens (including phenoxy) is 2. The zero-order chi connectivity index (χ0) is 20.6. The van der Waals surface area contributed by atoms with E-state index >= 15 is 0 Å². The molecule has 1 aliphatic rings.